The number of thiazole rings is 1. The van der Waals surface area contributed by atoms with E-state index in [1.807, 2.05) is 53.4 Å². The fourth-order valence-electron chi connectivity index (χ4n) is 4.45. The van der Waals surface area contributed by atoms with Gasteiger partial charge in [-0.05, 0) is 5.56 Å². The molecule has 2 aliphatic rings. The van der Waals surface area contributed by atoms with Crippen LogP contribution >= 0.6 is 11.3 Å². The maximum absolute atomic E-state index is 12.7. The van der Waals surface area contributed by atoms with Crippen molar-refractivity contribution < 1.29 is 9.59 Å². The second kappa shape index (κ2) is 10.9. The van der Waals surface area contributed by atoms with Gasteiger partial charge in [0.15, 0.2) is 0 Å². The number of benzene rings is 2. The van der Waals surface area contributed by atoms with Crippen molar-refractivity contribution in [2.24, 2.45) is 5.10 Å². The molecule has 0 N–H and O–H groups in total. The zero-order chi connectivity index (χ0) is 24.0. The minimum absolute atomic E-state index is 0.0458. The Labute approximate surface area is 209 Å². The molecule has 0 saturated carbocycles. The molecular formula is C27H29N5O2S. The number of hydrogen-bond acceptors (Lipinski definition) is 6. The molecule has 3 aromatic rings. The van der Waals surface area contributed by atoms with E-state index in [1.165, 1.54) is 5.01 Å². The highest BCUT2D eigenvalue weighted by atomic mass is 32.1. The highest BCUT2D eigenvalue weighted by Gasteiger charge is 2.25. The molecule has 35 heavy (non-hydrogen) atoms. The predicted molar refractivity (Wildman–Crippen MR) is 138 cm³/mol. The Bertz CT molecular complexity index is 1190. The topological polar surface area (TPSA) is 69.1 Å². The molecule has 2 aliphatic heterocycles. The summed E-state index contributed by atoms with van der Waals surface area (Å²) in [5.74, 6) is -0.0369. The van der Waals surface area contributed by atoms with Crippen molar-refractivity contribution in [1.82, 2.24) is 19.8 Å². The quantitative estimate of drug-likeness (QED) is 0.507. The molecule has 5 rings (SSSR count). The molecule has 0 bridgehead atoms. The van der Waals surface area contributed by atoms with Gasteiger partial charge in [-0.15, -0.1) is 11.3 Å². The monoisotopic (exact) mass is 487 g/mol. The smallest absolute Gasteiger partial charge is 0.243 e. The number of rotatable bonds is 7. The normalized spacial score (nSPS) is 16.4. The van der Waals surface area contributed by atoms with Gasteiger partial charge in [0.25, 0.3) is 0 Å². The molecule has 0 spiro atoms. The van der Waals surface area contributed by atoms with E-state index in [9.17, 15) is 9.59 Å². The fourth-order valence-corrected chi connectivity index (χ4v) is 5.27. The lowest BCUT2D eigenvalue weighted by atomic mass is 10.1. The minimum Gasteiger partial charge on any atom is -0.340 e. The van der Waals surface area contributed by atoms with Crippen LogP contribution in [0.5, 0.6) is 0 Å². The van der Waals surface area contributed by atoms with Crippen molar-refractivity contribution in [3.8, 4) is 10.6 Å². The van der Waals surface area contributed by atoms with E-state index in [4.69, 9.17) is 4.98 Å². The average molecular weight is 488 g/mol. The fraction of sp³-hybridized carbons (Fsp3) is 0.333. The van der Waals surface area contributed by atoms with Crippen molar-refractivity contribution >= 4 is 28.9 Å². The van der Waals surface area contributed by atoms with Crippen molar-refractivity contribution in [3.05, 3.63) is 77.3 Å². The standard InChI is InChI=1S/C27H29N5O2S/c33-25(11-12-26(34)32-14-13-24(29-32)21-7-3-1-4-8-21)31-17-15-30(16-18-31)19-23-20-35-27(28-23)22-9-5-2-6-10-22/h1-10,20H,11-19H2. The van der Waals surface area contributed by atoms with Gasteiger partial charge in [0, 0.05) is 62.9 Å². The SMILES string of the molecule is O=C(CCC(=O)N1CCC(c2ccccc2)=N1)N1CCN(Cc2csc(-c3ccccc3)n2)CC1. The molecule has 2 aromatic carbocycles. The van der Waals surface area contributed by atoms with Gasteiger partial charge in [-0.1, -0.05) is 60.7 Å². The Morgan fingerprint density at radius 1 is 0.800 bits per heavy atom. The molecule has 1 aromatic heterocycles. The van der Waals surface area contributed by atoms with Crippen LogP contribution in [0.3, 0.4) is 0 Å². The third-order valence-corrected chi connectivity index (χ3v) is 7.37. The summed E-state index contributed by atoms with van der Waals surface area (Å²) in [4.78, 5) is 34.3. The van der Waals surface area contributed by atoms with Gasteiger partial charge in [-0.3, -0.25) is 14.5 Å². The van der Waals surface area contributed by atoms with E-state index < -0.39 is 0 Å². The van der Waals surface area contributed by atoms with Crippen LogP contribution in [0.15, 0.2) is 71.1 Å². The lowest BCUT2D eigenvalue weighted by Crippen LogP contribution is -2.48. The van der Waals surface area contributed by atoms with Gasteiger partial charge in [0.05, 0.1) is 18.0 Å². The molecular weight excluding hydrogens is 458 g/mol. The summed E-state index contributed by atoms with van der Waals surface area (Å²) in [7, 11) is 0. The summed E-state index contributed by atoms with van der Waals surface area (Å²) in [5, 5.41) is 9.16. The molecule has 0 atom stereocenters. The van der Waals surface area contributed by atoms with Gasteiger partial charge < -0.3 is 4.90 Å². The molecule has 0 aliphatic carbocycles. The number of nitrogens with zero attached hydrogens (tertiary/aromatic N) is 5. The summed E-state index contributed by atoms with van der Waals surface area (Å²) in [6, 6.07) is 20.1. The summed E-state index contributed by atoms with van der Waals surface area (Å²) >= 11 is 1.67. The lowest BCUT2D eigenvalue weighted by Gasteiger charge is -2.34. The van der Waals surface area contributed by atoms with Crippen LogP contribution in [-0.2, 0) is 16.1 Å². The van der Waals surface area contributed by atoms with Gasteiger partial charge in [-0.2, -0.15) is 5.10 Å². The Hall–Kier alpha value is -3.36. The third kappa shape index (κ3) is 5.83. The molecule has 180 valence electrons. The van der Waals surface area contributed by atoms with Crippen LogP contribution in [0.2, 0.25) is 0 Å². The van der Waals surface area contributed by atoms with Gasteiger partial charge in [0.1, 0.15) is 5.01 Å². The molecule has 0 unspecified atom stereocenters. The van der Waals surface area contributed by atoms with E-state index in [1.54, 1.807) is 11.3 Å². The average Bonchev–Trinajstić information content (AvgIpc) is 3.59. The number of piperazine rings is 1. The van der Waals surface area contributed by atoms with E-state index in [2.05, 4.69) is 27.5 Å². The number of carbonyl (C=O) groups is 2. The van der Waals surface area contributed by atoms with Crippen LogP contribution in [0.25, 0.3) is 10.6 Å². The first kappa shape index (κ1) is 23.4. The van der Waals surface area contributed by atoms with Crippen molar-refractivity contribution in [2.45, 2.75) is 25.8 Å². The zero-order valence-corrected chi connectivity index (χ0v) is 20.5. The Morgan fingerprint density at radius 3 is 2.17 bits per heavy atom. The second-order valence-electron chi connectivity index (χ2n) is 8.85. The van der Waals surface area contributed by atoms with E-state index in [0.717, 1.165) is 53.6 Å². The molecule has 1 saturated heterocycles. The summed E-state index contributed by atoms with van der Waals surface area (Å²) in [6.45, 7) is 4.37. The van der Waals surface area contributed by atoms with Crippen LogP contribution < -0.4 is 0 Å². The number of aromatic nitrogens is 1. The second-order valence-corrected chi connectivity index (χ2v) is 9.70. The summed E-state index contributed by atoms with van der Waals surface area (Å²) in [6.07, 6.45) is 1.18. The molecule has 8 heteroatoms. The van der Waals surface area contributed by atoms with Crippen molar-refractivity contribution in [1.29, 1.82) is 0 Å². The summed E-state index contributed by atoms with van der Waals surface area (Å²) < 4.78 is 0. The van der Waals surface area contributed by atoms with E-state index in [0.29, 0.717) is 19.6 Å². The number of hydrogen-bond donors (Lipinski definition) is 0. The molecule has 2 amide bonds. The zero-order valence-electron chi connectivity index (χ0n) is 19.7. The summed E-state index contributed by atoms with van der Waals surface area (Å²) in [5.41, 5.74) is 4.19. The van der Waals surface area contributed by atoms with Gasteiger partial charge >= 0.3 is 0 Å². The number of hydrazone groups is 1. The van der Waals surface area contributed by atoms with E-state index in [-0.39, 0.29) is 24.7 Å². The van der Waals surface area contributed by atoms with Gasteiger partial charge in [0.2, 0.25) is 11.8 Å². The Balaban J connectivity index is 1.05. The predicted octanol–water partition coefficient (Wildman–Crippen LogP) is 3.87. The van der Waals surface area contributed by atoms with E-state index >= 15 is 0 Å². The number of carbonyl (C=O) groups excluding carboxylic acids is 2. The van der Waals surface area contributed by atoms with Crippen LogP contribution in [0, 0.1) is 0 Å². The molecule has 7 nitrogen and oxygen atoms in total. The molecule has 1 fully saturated rings. The highest BCUT2D eigenvalue weighted by Crippen LogP contribution is 2.24. The van der Waals surface area contributed by atoms with Crippen LogP contribution in [0.4, 0.5) is 0 Å². The first-order valence-corrected chi connectivity index (χ1v) is 13.0. The molecule has 0 radical (unpaired) electrons. The lowest BCUT2D eigenvalue weighted by molar-refractivity contribution is -0.137. The van der Waals surface area contributed by atoms with Gasteiger partial charge in [-0.25, -0.2) is 9.99 Å². The first-order chi connectivity index (χ1) is 17.2. The molecule has 3 heterocycles. The Morgan fingerprint density at radius 2 is 1.46 bits per heavy atom. The highest BCUT2D eigenvalue weighted by molar-refractivity contribution is 7.13. The Kier molecular flexibility index (Phi) is 7.30. The van der Waals surface area contributed by atoms with Crippen molar-refractivity contribution in [2.75, 3.05) is 32.7 Å². The maximum Gasteiger partial charge on any atom is 0.243 e. The maximum atomic E-state index is 12.7. The largest absolute Gasteiger partial charge is 0.340 e. The van der Waals surface area contributed by atoms with Crippen LogP contribution in [-0.4, -0.2) is 70.0 Å². The van der Waals surface area contributed by atoms with Crippen molar-refractivity contribution in [3.63, 3.8) is 0 Å². The first-order valence-electron chi connectivity index (χ1n) is 12.1. The minimum atomic E-state index is -0.0827. The number of amides is 2. The van der Waals surface area contributed by atoms with Crippen LogP contribution in [0.1, 0.15) is 30.5 Å². The third-order valence-electron chi connectivity index (χ3n) is 6.43.